The number of aryl methyl sites for hydroxylation is 2. The van der Waals surface area contributed by atoms with Gasteiger partial charge in [-0.25, -0.2) is 0 Å². The summed E-state index contributed by atoms with van der Waals surface area (Å²) < 4.78 is 0. The number of benzene rings is 2. The third kappa shape index (κ3) is 3.27. The Morgan fingerprint density at radius 2 is 1.96 bits per heavy atom. The highest BCUT2D eigenvalue weighted by Crippen LogP contribution is 2.37. The van der Waals surface area contributed by atoms with Gasteiger partial charge in [0.2, 0.25) is 5.88 Å². The number of fused-ring (bicyclic) bond motifs is 1. The fraction of sp³-hybridized carbons (Fsp3) is 0.167. The normalized spacial score (nSPS) is 11.2. The molecule has 0 saturated heterocycles. The van der Waals surface area contributed by atoms with Gasteiger partial charge in [-0.15, -0.1) is 10.2 Å². The van der Waals surface area contributed by atoms with Gasteiger partial charge in [-0.1, -0.05) is 29.8 Å². The number of amides is 1. The number of aromatic nitrogens is 1. The SMILES string of the molecule is Cc1cc(C)c2[nH]c(O)c(N=NC(=O)CNc3ccccc3)c2c1. The lowest BCUT2D eigenvalue weighted by Crippen LogP contribution is -2.10. The van der Waals surface area contributed by atoms with Crippen molar-refractivity contribution < 1.29 is 9.90 Å². The molecule has 1 heterocycles. The van der Waals surface area contributed by atoms with Gasteiger partial charge < -0.3 is 15.4 Å². The number of nitrogens with one attached hydrogen (secondary N) is 2. The molecule has 0 fully saturated rings. The highest BCUT2D eigenvalue weighted by atomic mass is 16.3. The third-order valence-corrected chi connectivity index (χ3v) is 3.68. The predicted molar refractivity (Wildman–Crippen MR) is 93.9 cm³/mol. The minimum atomic E-state index is -0.419. The maximum absolute atomic E-state index is 11.9. The van der Waals surface area contributed by atoms with Gasteiger partial charge in [0, 0.05) is 11.1 Å². The van der Waals surface area contributed by atoms with Crippen LogP contribution in [-0.2, 0) is 4.79 Å². The van der Waals surface area contributed by atoms with E-state index in [1.807, 2.05) is 56.3 Å². The summed E-state index contributed by atoms with van der Waals surface area (Å²) in [6, 6.07) is 13.3. The average molecular weight is 322 g/mol. The number of carbonyl (C=O) groups excluding carboxylic acids is 1. The van der Waals surface area contributed by atoms with Crippen LogP contribution < -0.4 is 5.32 Å². The van der Waals surface area contributed by atoms with E-state index >= 15 is 0 Å². The minimum absolute atomic E-state index is 0.0364. The summed E-state index contributed by atoms with van der Waals surface area (Å²) in [5, 5.41) is 21.4. The van der Waals surface area contributed by atoms with Crippen LogP contribution in [0.1, 0.15) is 11.1 Å². The molecule has 0 aliphatic carbocycles. The zero-order valence-electron chi connectivity index (χ0n) is 13.5. The number of hydrogen-bond donors (Lipinski definition) is 3. The second-order valence-electron chi connectivity index (χ2n) is 5.64. The van der Waals surface area contributed by atoms with E-state index in [0.29, 0.717) is 0 Å². The van der Waals surface area contributed by atoms with E-state index in [-0.39, 0.29) is 18.1 Å². The van der Waals surface area contributed by atoms with Crippen molar-refractivity contribution >= 4 is 28.2 Å². The summed E-state index contributed by atoms with van der Waals surface area (Å²) in [6.45, 7) is 3.95. The zero-order chi connectivity index (χ0) is 17.1. The van der Waals surface area contributed by atoms with Crippen LogP contribution in [0.3, 0.4) is 0 Å². The van der Waals surface area contributed by atoms with Crippen LogP contribution in [0, 0.1) is 13.8 Å². The number of H-pyrrole nitrogens is 1. The van der Waals surface area contributed by atoms with E-state index in [4.69, 9.17) is 0 Å². The summed E-state index contributed by atoms with van der Waals surface area (Å²) in [4.78, 5) is 14.8. The quantitative estimate of drug-likeness (QED) is 0.628. The molecule has 24 heavy (non-hydrogen) atoms. The summed E-state index contributed by atoms with van der Waals surface area (Å²) in [5.74, 6) is -0.511. The molecule has 2 aromatic carbocycles. The molecule has 6 heteroatoms. The number of azo groups is 1. The van der Waals surface area contributed by atoms with E-state index in [0.717, 1.165) is 27.7 Å². The fourth-order valence-electron chi connectivity index (χ4n) is 2.60. The largest absolute Gasteiger partial charge is 0.493 e. The second-order valence-corrected chi connectivity index (χ2v) is 5.64. The van der Waals surface area contributed by atoms with Crippen LogP contribution >= 0.6 is 0 Å². The molecule has 1 amide bonds. The lowest BCUT2D eigenvalue weighted by molar-refractivity contribution is -0.116. The van der Waals surface area contributed by atoms with E-state index < -0.39 is 5.91 Å². The Bertz CT molecular complexity index is 914. The first-order valence-corrected chi connectivity index (χ1v) is 7.60. The molecule has 122 valence electrons. The van der Waals surface area contributed by atoms with Gasteiger partial charge in [0.15, 0.2) is 5.69 Å². The topological polar surface area (TPSA) is 89.8 Å². The van der Waals surface area contributed by atoms with Gasteiger partial charge in [-0.05, 0) is 37.6 Å². The molecular weight excluding hydrogens is 304 g/mol. The number of carbonyl (C=O) groups is 1. The molecule has 0 atom stereocenters. The molecule has 0 unspecified atom stereocenters. The molecule has 0 aliphatic heterocycles. The Kier molecular flexibility index (Phi) is 4.29. The Hall–Kier alpha value is -3.15. The molecular formula is C18H18N4O2. The van der Waals surface area contributed by atoms with Crippen molar-refractivity contribution in [2.75, 3.05) is 11.9 Å². The van der Waals surface area contributed by atoms with Gasteiger partial charge in [0.25, 0.3) is 5.91 Å². The van der Waals surface area contributed by atoms with Crippen molar-refractivity contribution in [1.29, 1.82) is 0 Å². The van der Waals surface area contributed by atoms with E-state index in [9.17, 15) is 9.90 Å². The van der Waals surface area contributed by atoms with Crippen LogP contribution in [0.4, 0.5) is 11.4 Å². The molecule has 0 spiro atoms. The van der Waals surface area contributed by atoms with Crippen LogP contribution in [0.2, 0.25) is 0 Å². The van der Waals surface area contributed by atoms with Gasteiger partial charge in [0.05, 0.1) is 12.1 Å². The van der Waals surface area contributed by atoms with Gasteiger partial charge in [0.1, 0.15) is 0 Å². The maximum Gasteiger partial charge on any atom is 0.283 e. The summed E-state index contributed by atoms with van der Waals surface area (Å²) in [5.41, 5.74) is 3.96. The maximum atomic E-state index is 11.9. The fourth-order valence-corrected chi connectivity index (χ4v) is 2.60. The van der Waals surface area contributed by atoms with E-state index in [1.165, 1.54) is 0 Å². The summed E-state index contributed by atoms with van der Waals surface area (Å²) >= 11 is 0. The van der Waals surface area contributed by atoms with Crippen molar-refractivity contribution in [2.45, 2.75) is 13.8 Å². The Morgan fingerprint density at radius 1 is 1.21 bits per heavy atom. The molecule has 3 N–H and O–H groups in total. The standard InChI is InChI=1S/C18H18N4O2/c1-11-8-12(2)16-14(9-11)17(18(24)20-16)22-21-15(23)10-19-13-6-4-3-5-7-13/h3-9,19-20,24H,10H2,1-2H3. The van der Waals surface area contributed by atoms with E-state index in [1.54, 1.807) is 0 Å². The first kappa shape index (κ1) is 15.7. The number of anilines is 1. The minimum Gasteiger partial charge on any atom is -0.493 e. The Morgan fingerprint density at radius 3 is 2.71 bits per heavy atom. The van der Waals surface area contributed by atoms with Gasteiger partial charge >= 0.3 is 0 Å². The molecule has 3 rings (SSSR count). The molecule has 3 aromatic rings. The Balaban J connectivity index is 1.78. The lowest BCUT2D eigenvalue weighted by atomic mass is 10.1. The Labute approximate surface area is 139 Å². The first-order valence-electron chi connectivity index (χ1n) is 7.60. The summed E-state index contributed by atoms with van der Waals surface area (Å²) in [7, 11) is 0. The van der Waals surface area contributed by atoms with Crippen molar-refractivity contribution in [3.05, 3.63) is 53.6 Å². The summed E-state index contributed by atoms with van der Waals surface area (Å²) in [6.07, 6.45) is 0. The number of rotatable bonds is 4. The van der Waals surface area contributed by atoms with Crippen LogP contribution in [0.5, 0.6) is 5.88 Å². The molecule has 1 aromatic heterocycles. The number of aromatic amines is 1. The predicted octanol–water partition coefficient (Wildman–Crippen LogP) is 4.21. The molecule has 0 aliphatic rings. The third-order valence-electron chi connectivity index (χ3n) is 3.68. The van der Waals surface area contributed by atoms with Crippen molar-refractivity contribution in [2.24, 2.45) is 10.2 Å². The number of aromatic hydroxyl groups is 1. The first-order chi connectivity index (χ1) is 11.5. The zero-order valence-corrected chi connectivity index (χ0v) is 13.5. The number of hydrogen-bond acceptors (Lipinski definition) is 4. The lowest BCUT2D eigenvalue weighted by Gasteiger charge is -2.01. The van der Waals surface area contributed by atoms with Gasteiger partial charge in [-0.2, -0.15) is 0 Å². The van der Waals surface area contributed by atoms with Crippen LogP contribution in [-0.4, -0.2) is 22.5 Å². The number of para-hydroxylation sites is 1. The van der Waals surface area contributed by atoms with Crippen molar-refractivity contribution in [1.82, 2.24) is 4.98 Å². The second kappa shape index (κ2) is 6.54. The smallest absolute Gasteiger partial charge is 0.283 e. The highest BCUT2D eigenvalue weighted by Gasteiger charge is 2.13. The highest BCUT2D eigenvalue weighted by molar-refractivity contribution is 5.96. The van der Waals surface area contributed by atoms with Crippen molar-refractivity contribution in [3.8, 4) is 5.88 Å². The van der Waals surface area contributed by atoms with Crippen molar-refractivity contribution in [3.63, 3.8) is 0 Å². The van der Waals surface area contributed by atoms with Crippen LogP contribution in [0.25, 0.3) is 10.9 Å². The number of nitrogens with zero attached hydrogens (tertiary/aromatic N) is 2. The molecule has 0 bridgehead atoms. The molecule has 0 radical (unpaired) electrons. The molecule has 0 saturated carbocycles. The monoisotopic (exact) mass is 322 g/mol. The molecule has 6 nitrogen and oxygen atoms in total. The van der Waals surface area contributed by atoms with Gasteiger partial charge in [-0.3, -0.25) is 4.79 Å². The van der Waals surface area contributed by atoms with Crippen LogP contribution in [0.15, 0.2) is 52.7 Å². The van der Waals surface area contributed by atoms with E-state index in [2.05, 4.69) is 20.5 Å². The average Bonchev–Trinajstić information content (AvgIpc) is 2.88.